The first kappa shape index (κ1) is 15.9. The molecule has 1 amide bonds. The lowest BCUT2D eigenvalue weighted by Crippen LogP contribution is -2.61. The molecule has 0 radical (unpaired) electrons. The molecule has 0 aliphatic carbocycles. The minimum absolute atomic E-state index is 0.0291. The molecular formula is C17H25N5O. The van der Waals surface area contributed by atoms with Crippen LogP contribution in [-0.2, 0) is 4.79 Å². The fourth-order valence-electron chi connectivity index (χ4n) is 3.70. The van der Waals surface area contributed by atoms with E-state index in [0.29, 0.717) is 13.0 Å². The summed E-state index contributed by atoms with van der Waals surface area (Å²) < 4.78 is 0. The van der Waals surface area contributed by atoms with Crippen molar-refractivity contribution in [3.8, 4) is 0 Å². The van der Waals surface area contributed by atoms with E-state index in [1.54, 1.807) is 6.20 Å². The first-order valence-electron chi connectivity index (χ1n) is 8.27. The molecule has 2 fully saturated rings. The van der Waals surface area contributed by atoms with Gasteiger partial charge in [0.2, 0.25) is 5.91 Å². The third-order valence-corrected chi connectivity index (χ3v) is 5.24. The number of likely N-dealkylation sites (tertiary alicyclic amines) is 1. The normalized spacial score (nSPS) is 26.4. The molecule has 3 heterocycles. The Kier molecular flexibility index (Phi) is 4.61. The van der Waals surface area contributed by atoms with E-state index in [0.717, 1.165) is 44.8 Å². The van der Waals surface area contributed by atoms with Gasteiger partial charge in [0.15, 0.2) is 5.82 Å². The van der Waals surface area contributed by atoms with Crippen LogP contribution in [0.15, 0.2) is 31.0 Å². The van der Waals surface area contributed by atoms with E-state index in [2.05, 4.69) is 33.6 Å². The van der Waals surface area contributed by atoms with Gasteiger partial charge in [0.1, 0.15) is 0 Å². The van der Waals surface area contributed by atoms with E-state index in [4.69, 9.17) is 0 Å². The highest BCUT2D eigenvalue weighted by atomic mass is 16.2. The Labute approximate surface area is 137 Å². The molecule has 23 heavy (non-hydrogen) atoms. The van der Waals surface area contributed by atoms with E-state index in [1.165, 1.54) is 0 Å². The monoisotopic (exact) mass is 315 g/mol. The Morgan fingerprint density at radius 2 is 2.22 bits per heavy atom. The van der Waals surface area contributed by atoms with Crippen molar-refractivity contribution < 1.29 is 4.79 Å². The predicted molar refractivity (Wildman–Crippen MR) is 90.2 cm³/mol. The molecule has 2 saturated heterocycles. The van der Waals surface area contributed by atoms with Crippen molar-refractivity contribution in [2.24, 2.45) is 0 Å². The maximum atomic E-state index is 12.3. The molecule has 3 rings (SSSR count). The predicted octanol–water partition coefficient (Wildman–Crippen LogP) is 1.17. The second-order valence-corrected chi connectivity index (χ2v) is 6.53. The van der Waals surface area contributed by atoms with E-state index in [9.17, 15) is 4.79 Å². The molecule has 1 atom stereocenters. The molecule has 2 aliphatic heterocycles. The fourth-order valence-corrected chi connectivity index (χ4v) is 3.70. The Balaban J connectivity index is 1.78. The van der Waals surface area contributed by atoms with Gasteiger partial charge >= 0.3 is 0 Å². The lowest BCUT2D eigenvalue weighted by Gasteiger charge is -2.49. The number of piperazine rings is 1. The number of anilines is 1. The lowest BCUT2D eigenvalue weighted by molar-refractivity contribution is -0.130. The number of nitrogens with zero attached hydrogens (tertiary/aromatic N) is 5. The zero-order valence-corrected chi connectivity index (χ0v) is 13.8. The smallest absolute Gasteiger partial charge is 0.222 e. The van der Waals surface area contributed by atoms with Crippen molar-refractivity contribution in [1.82, 2.24) is 20.0 Å². The molecule has 1 aromatic rings. The fraction of sp³-hybridized carbons (Fsp3) is 0.588. The molecule has 0 saturated carbocycles. The van der Waals surface area contributed by atoms with Gasteiger partial charge in [-0.15, -0.1) is 11.7 Å². The quantitative estimate of drug-likeness (QED) is 0.784. The summed E-state index contributed by atoms with van der Waals surface area (Å²) in [4.78, 5) is 19.0. The average Bonchev–Trinajstić information content (AvgIpc) is 2.73. The number of amides is 1. The van der Waals surface area contributed by atoms with Gasteiger partial charge in [-0.25, -0.2) is 0 Å². The van der Waals surface area contributed by atoms with Crippen molar-refractivity contribution >= 4 is 11.7 Å². The van der Waals surface area contributed by atoms with Crippen molar-refractivity contribution in [2.75, 3.05) is 44.7 Å². The third kappa shape index (κ3) is 3.22. The van der Waals surface area contributed by atoms with Crippen LogP contribution in [0, 0.1) is 0 Å². The zero-order chi connectivity index (χ0) is 16.3. The highest BCUT2D eigenvalue weighted by Gasteiger charge is 2.42. The number of hydrogen-bond donors (Lipinski definition) is 0. The van der Waals surface area contributed by atoms with Gasteiger partial charge in [-0.3, -0.25) is 9.69 Å². The summed E-state index contributed by atoms with van der Waals surface area (Å²) >= 11 is 0. The van der Waals surface area contributed by atoms with Gasteiger partial charge in [-0.05, 0) is 32.0 Å². The summed E-state index contributed by atoms with van der Waals surface area (Å²) in [5.41, 5.74) is 0.0291. The Bertz CT molecular complexity index is 563. The highest BCUT2D eigenvalue weighted by Crippen LogP contribution is 2.33. The SMILES string of the molecule is C=CCN1CCC2(CCC1=O)CN(c1cccnn1)CCN2C. The minimum Gasteiger partial charge on any atom is -0.352 e. The first-order chi connectivity index (χ1) is 11.1. The van der Waals surface area contributed by atoms with E-state index in [-0.39, 0.29) is 11.4 Å². The van der Waals surface area contributed by atoms with Crippen LogP contribution < -0.4 is 4.90 Å². The molecule has 2 aliphatic rings. The average molecular weight is 315 g/mol. The van der Waals surface area contributed by atoms with E-state index in [1.807, 2.05) is 23.1 Å². The van der Waals surface area contributed by atoms with Crippen molar-refractivity contribution in [3.63, 3.8) is 0 Å². The molecule has 0 aromatic carbocycles. The standard InChI is InChI=1S/C17H25N5O/c1-3-10-21-11-8-17(7-6-16(21)23)14-22(13-12-20(17)2)15-5-4-9-18-19-15/h3-5,9H,1,6-8,10-14H2,2H3. The molecule has 0 bridgehead atoms. The third-order valence-electron chi connectivity index (χ3n) is 5.24. The number of carbonyl (C=O) groups is 1. The van der Waals surface area contributed by atoms with Gasteiger partial charge in [0, 0.05) is 50.9 Å². The summed E-state index contributed by atoms with van der Waals surface area (Å²) in [6, 6.07) is 3.94. The topological polar surface area (TPSA) is 52.6 Å². The van der Waals surface area contributed by atoms with Crippen molar-refractivity contribution in [1.29, 1.82) is 0 Å². The summed E-state index contributed by atoms with van der Waals surface area (Å²) in [7, 11) is 2.18. The van der Waals surface area contributed by atoms with Gasteiger partial charge < -0.3 is 9.80 Å². The molecule has 1 aromatic heterocycles. The Morgan fingerprint density at radius 3 is 2.96 bits per heavy atom. The minimum atomic E-state index is 0.0291. The molecule has 124 valence electrons. The Hall–Kier alpha value is -1.95. The van der Waals surface area contributed by atoms with Gasteiger partial charge in [0.05, 0.1) is 0 Å². The zero-order valence-electron chi connectivity index (χ0n) is 13.8. The largest absolute Gasteiger partial charge is 0.352 e. The van der Waals surface area contributed by atoms with Crippen LogP contribution in [0.2, 0.25) is 0 Å². The van der Waals surface area contributed by atoms with Gasteiger partial charge in [-0.2, -0.15) is 5.10 Å². The van der Waals surface area contributed by atoms with E-state index >= 15 is 0 Å². The molecular weight excluding hydrogens is 290 g/mol. The maximum Gasteiger partial charge on any atom is 0.222 e. The number of carbonyl (C=O) groups excluding carboxylic acids is 1. The van der Waals surface area contributed by atoms with Crippen LogP contribution in [0.4, 0.5) is 5.82 Å². The van der Waals surface area contributed by atoms with Crippen molar-refractivity contribution in [2.45, 2.75) is 24.8 Å². The molecule has 1 spiro atoms. The molecule has 6 nitrogen and oxygen atoms in total. The molecule has 6 heteroatoms. The first-order valence-corrected chi connectivity index (χ1v) is 8.27. The number of rotatable bonds is 3. The van der Waals surface area contributed by atoms with Gasteiger partial charge in [0.25, 0.3) is 0 Å². The van der Waals surface area contributed by atoms with Crippen LogP contribution >= 0.6 is 0 Å². The van der Waals surface area contributed by atoms with Crippen LogP contribution in [-0.4, -0.2) is 71.2 Å². The second kappa shape index (κ2) is 6.66. The second-order valence-electron chi connectivity index (χ2n) is 6.53. The molecule has 0 N–H and O–H groups in total. The summed E-state index contributed by atoms with van der Waals surface area (Å²) in [6.07, 6.45) is 6.00. The highest BCUT2D eigenvalue weighted by molar-refractivity contribution is 5.76. The summed E-state index contributed by atoms with van der Waals surface area (Å²) in [5, 5.41) is 8.26. The van der Waals surface area contributed by atoms with Gasteiger partial charge in [-0.1, -0.05) is 6.08 Å². The summed E-state index contributed by atoms with van der Waals surface area (Å²) in [5.74, 6) is 1.17. The van der Waals surface area contributed by atoms with E-state index < -0.39 is 0 Å². The van der Waals surface area contributed by atoms with Crippen LogP contribution in [0.25, 0.3) is 0 Å². The lowest BCUT2D eigenvalue weighted by atomic mass is 9.86. The Morgan fingerprint density at radius 1 is 1.35 bits per heavy atom. The number of hydrogen-bond acceptors (Lipinski definition) is 5. The van der Waals surface area contributed by atoms with Crippen LogP contribution in [0.1, 0.15) is 19.3 Å². The van der Waals surface area contributed by atoms with Crippen LogP contribution in [0.5, 0.6) is 0 Å². The molecule has 1 unspecified atom stereocenters. The number of likely N-dealkylation sites (N-methyl/N-ethyl adjacent to an activating group) is 1. The summed E-state index contributed by atoms with van der Waals surface area (Å²) in [6.45, 7) is 8.03. The van der Waals surface area contributed by atoms with Crippen molar-refractivity contribution in [3.05, 3.63) is 31.0 Å². The number of aromatic nitrogens is 2. The van der Waals surface area contributed by atoms with Crippen LogP contribution in [0.3, 0.4) is 0 Å². The maximum absolute atomic E-state index is 12.3.